The number of nitrogens with one attached hydrogen (secondary N) is 2. The number of hydrogen-bond acceptors (Lipinski definition) is 4. The number of carbonyl (C=O) groups excluding carboxylic acids is 1. The zero-order valence-electron chi connectivity index (χ0n) is 13.4. The summed E-state index contributed by atoms with van der Waals surface area (Å²) in [6, 6.07) is 0.207. The monoisotopic (exact) mass is 294 g/mol. The van der Waals surface area contributed by atoms with Gasteiger partial charge in [0.1, 0.15) is 5.60 Å². The lowest BCUT2D eigenvalue weighted by molar-refractivity contribution is 0.0226. The average molecular weight is 294 g/mol. The number of aromatic nitrogens is 2. The number of imidazole rings is 1. The fraction of sp³-hybridized carbons (Fsp3) is 0.733. The standard InChI is InChI=1S/C15H26N4O2/c1-11-13(18-10-17-11)9-16-8-12-6-5-7-19(12)14(20)21-15(2,3)4/h10,12,16H,5-9H2,1-4H3,(H,17,18). The van der Waals surface area contributed by atoms with Crippen molar-refractivity contribution in [1.82, 2.24) is 20.2 Å². The molecule has 1 fully saturated rings. The number of amides is 1. The Morgan fingerprint density at radius 3 is 2.95 bits per heavy atom. The number of H-pyrrole nitrogens is 1. The van der Waals surface area contributed by atoms with Crippen LogP contribution in [-0.2, 0) is 11.3 Å². The first kappa shape index (κ1) is 15.8. The smallest absolute Gasteiger partial charge is 0.410 e. The highest BCUT2D eigenvalue weighted by Gasteiger charge is 2.31. The summed E-state index contributed by atoms with van der Waals surface area (Å²) in [6.07, 6.45) is 3.55. The molecule has 0 aliphatic carbocycles. The summed E-state index contributed by atoms with van der Waals surface area (Å²) < 4.78 is 5.47. The lowest BCUT2D eigenvalue weighted by Gasteiger charge is -2.28. The van der Waals surface area contributed by atoms with E-state index in [1.807, 2.05) is 32.6 Å². The molecule has 1 aromatic rings. The molecule has 6 nitrogen and oxygen atoms in total. The number of likely N-dealkylation sites (tertiary alicyclic amines) is 1. The van der Waals surface area contributed by atoms with Gasteiger partial charge in [-0.2, -0.15) is 0 Å². The molecule has 0 aromatic carbocycles. The van der Waals surface area contributed by atoms with Gasteiger partial charge in [0.25, 0.3) is 0 Å². The largest absolute Gasteiger partial charge is 0.444 e. The van der Waals surface area contributed by atoms with Gasteiger partial charge in [0.2, 0.25) is 0 Å². The van der Waals surface area contributed by atoms with Crippen molar-refractivity contribution in [2.45, 2.75) is 58.7 Å². The van der Waals surface area contributed by atoms with Crippen LogP contribution in [0.15, 0.2) is 6.33 Å². The van der Waals surface area contributed by atoms with Crippen molar-refractivity contribution in [2.75, 3.05) is 13.1 Å². The predicted molar refractivity (Wildman–Crippen MR) is 81.0 cm³/mol. The van der Waals surface area contributed by atoms with Gasteiger partial charge in [-0.3, -0.25) is 0 Å². The number of aryl methyl sites for hydroxylation is 1. The van der Waals surface area contributed by atoms with E-state index in [2.05, 4.69) is 15.3 Å². The second-order valence-corrected chi connectivity index (χ2v) is 6.57. The van der Waals surface area contributed by atoms with Crippen LogP contribution in [0.2, 0.25) is 0 Å². The molecule has 1 atom stereocenters. The molecule has 0 radical (unpaired) electrons. The number of nitrogens with zero attached hydrogens (tertiary/aromatic N) is 2. The molecule has 1 amide bonds. The van der Waals surface area contributed by atoms with Crippen molar-refractivity contribution in [2.24, 2.45) is 0 Å². The minimum absolute atomic E-state index is 0.206. The Bertz CT molecular complexity index is 478. The van der Waals surface area contributed by atoms with Crippen LogP contribution in [0.3, 0.4) is 0 Å². The van der Waals surface area contributed by atoms with E-state index in [0.717, 1.165) is 37.3 Å². The summed E-state index contributed by atoms with van der Waals surface area (Å²) in [7, 11) is 0. The first-order chi connectivity index (χ1) is 9.87. The summed E-state index contributed by atoms with van der Waals surface area (Å²) in [4.78, 5) is 21.3. The maximum atomic E-state index is 12.2. The molecule has 0 saturated carbocycles. The molecule has 1 aliphatic heterocycles. The van der Waals surface area contributed by atoms with Crippen molar-refractivity contribution in [1.29, 1.82) is 0 Å². The van der Waals surface area contributed by atoms with E-state index >= 15 is 0 Å². The molecule has 2 heterocycles. The van der Waals surface area contributed by atoms with Gasteiger partial charge in [0.05, 0.1) is 12.0 Å². The van der Waals surface area contributed by atoms with Crippen LogP contribution < -0.4 is 5.32 Å². The molecule has 1 saturated heterocycles. The zero-order valence-corrected chi connectivity index (χ0v) is 13.4. The van der Waals surface area contributed by atoms with E-state index in [9.17, 15) is 4.79 Å². The molecule has 0 bridgehead atoms. The Morgan fingerprint density at radius 1 is 1.57 bits per heavy atom. The highest BCUT2D eigenvalue weighted by Crippen LogP contribution is 2.20. The Balaban J connectivity index is 1.82. The van der Waals surface area contributed by atoms with E-state index in [4.69, 9.17) is 4.74 Å². The third-order valence-corrected chi connectivity index (χ3v) is 3.61. The number of carbonyl (C=O) groups is 1. The maximum absolute atomic E-state index is 12.2. The Morgan fingerprint density at radius 2 is 2.33 bits per heavy atom. The normalized spacial score (nSPS) is 19.0. The van der Waals surface area contributed by atoms with Crippen LogP contribution in [0.1, 0.15) is 45.0 Å². The van der Waals surface area contributed by atoms with Crippen molar-refractivity contribution in [3.05, 3.63) is 17.7 Å². The highest BCUT2D eigenvalue weighted by molar-refractivity contribution is 5.69. The van der Waals surface area contributed by atoms with Crippen molar-refractivity contribution in [3.63, 3.8) is 0 Å². The molecule has 2 rings (SSSR count). The van der Waals surface area contributed by atoms with Gasteiger partial charge in [0.15, 0.2) is 0 Å². The van der Waals surface area contributed by atoms with Gasteiger partial charge >= 0.3 is 6.09 Å². The Hall–Kier alpha value is -1.56. The van der Waals surface area contributed by atoms with Crippen molar-refractivity contribution >= 4 is 6.09 Å². The molecule has 1 unspecified atom stereocenters. The molecular weight excluding hydrogens is 268 g/mol. The maximum Gasteiger partial charge on any atom is 0.410 e. The summed E-state index contributed by atoms with van der Waals surface area (Å²) in [5.74, 6) is 0. The first-order valence-electron chi connectivity index (χ1n) is 7.56. The number of hydrogen-bond donors (Lipinski definition) is 2. The molecule has 0 spiro atoms. The minimum Gasteiger partial charge on any atom is -0.444 e. The van der Waals surface area contributed by atoms with E-state index < -0.39 is 5.60 Å². The van der Waals surface area contributed by atoms with Crippen LogP contribution in [-0.4, -0.2) is 45.7 Å². The van der Waals surface area contributed by atoms with Gasteiger partial charge in [-0.15, -0.1) is 0 Å². The van der Waals surface area contributed by atoms with Crippen molar-refractivity contribution in [3.8, 4) is 0 Å². The van der Waals surface area contributed by atoms with Crippen LogP contribution in [0.25, 0.3) is 0 Å². The number of aromatic amines is 1. The van der Waals surface area contributed by atoms with Crippen LogP contribution in [0.5, 0.6) is 0 Å². The third-order valence-electron chi connectivity index (χ3n) is 3.61. The SMILES string of the molecule is Cc1[nH]cnc1CNCC1CCCN1C(=O)OC(C)(C)C. The number of ether oxygens (including phenoxy) is 1. The molecule has 1 aliphatic rings. The number of rotatable bonds is 4. The van der Waals surface area contributed by atoms with E-state index in [1.165, 1.54) is 0 Å². The van der Waals surface area contributed by atoms with E-state index in [-0.39, 0.29) is 12.1 Å². The molecule has 1 aromatic heterocycles. The van der Waals surface area contributed by atoms with Gasteiger partial charge in [-0.1, -0.05) is 0 Å². The van der Waals surface area contributed by atoms with Gasteiger partial charge in [-0.05, 0) is 40.5 Å². The predicted octanol–water partition coefficient (Wildman–Crippen LogP) is 2.21. The fourth-order valence-electron chi connectivity index (χ4n) is 2.53. The molecule has 2 N–H and O–H groups in total. The van der Waals surface area contributed by atoms with Gasteiger partial charge < -0.3 is 19.9 Å². The molecule has 6 heteroatoms. The third kappa shape index (κ3) is 4.46. The minimum atomic E-state index is -0.441. The van der Waals surface area contributed by atoms with Crippen molar-refractivity contribution < 1.29 is 9.53 Å². The van der Waals surface area contributed by atoms with E-state index in [0.29, 0.717) is 6.54 Å². The lowest BCUT2D eigenvalue weighted by atomic mass is 10.2. The fourth-order valence-corrected chi connectivity index (χ4v) is 2.53. The zero-order chi connectivity index (χ0) is 15.5. The van der Waals surface area contributed by atoms with Crippen LogP contribution in [0, 0.1) is 6.92 Å². The Labute approximate surface area is 126 Å². The summed E-state index contributed by atoms with van der Waals surface area (Å²) >= 11 is 0. The highest BCUT2D eigenvalue weighted by atomic mass is 16.6. The lowest BCUT2D eigenvalue weighted by Crippen LogP contribution is -2.44. The summed E-state index contributed by atoms with van der Waals surface area (Å²) in [5, 5.41) is 3.39. The summed E-state index contributed by atoms with van der Waals surface area (Å²) in [6.45, 7) is 9.96. The molecular formula is C15H26N4O2. The topological polar surface area (TPSA) is 70.2 Å². The van der Waals surface area contributed by atoms with Crippen LogP contribution in [0.4, 0.5) is 4.79 Å². The Kier molecular flexibility index (Phi) is 4.88. The quantitative estimate of drug-likeness (QED) is 0.893. The molecule has 118 valence electrons. The first-order valence-corrected chi connectivity index (χ1v) is 7.56. The van der Waals surface area contributed by atoms with E-state index in [1.54, 1.807) is 6.33 Å². The second kappa shape index (κ2) is 6.47. The van der Waals surface area contributed by atoms with Gasteiger partial charge in [0, 0.05) is 31.4 Å². The van der Waals surface area contributed by atoms with Gasteiger partial charge in [-0.25, -0.2) is 9.78 Å². The summed E-state index contributed by atoms with van der Waals surface area (Å²) in [5.41, 5.74) is 1.67. The average Bonchev–Trinajstić information content (AvgIpc) is 2.97. The second-order valence-electron chi connectivity index (χ2n) is 6.57. The molecule has 21 heavy (non-hydrogen) atoms. The van der Waals surface area contributed by atoms with Crippen LogP contribution >= 0.6 is 0 Å².